The second kappa shape index (κ2) is 8.20. The summed E-state index contributed by atoms with van der Waals surface area (Å²) >= 11 is 0. The van der Waals surface area contributed by atoms with Gasteiger partial charge in [0, 0.05) is 47.9 Å². The van der Waals surface area contributed by atoms with Crippen molar-refractivity contribution in [2.24, 2.45) is 11.7 Å². The predicted molar refractivity (Wildman–Crippen MR) is 136 cm³/mol. The van der Waals surface area contributed by atoms with Crippen molar-refractivity contribution < 1.29 is 13.9 Å². The molecule has 1 aliphatic carbocycles. The Bertz CT molecular complexity index is 1390. The molecule has 1 saturated heterocycles. The minimum atomic E-state index is 0.318. The summed E-state index contributed by atoms with van der Waals surface area (Å²) < 4.78 is 14.5. The van der Waals surface area contributed by atoms with E-state index in [2.05, 4.69) is 40.7 Å². The number of benzene rings is 2. The number of nitrogens with zero attached hydrogens (tertiary/aromatic N) is 2. The van der Waals surface area contributed by atoms with E-state index in [4.69, 9.17) is 14.9 Å². The molecule has 1 saturated carbocycles. The Morgan fingerprint density at radius 2 is 1.91 bits per heavy atom. The first-order valence-corrected chi connectivity index (χ1v) is 12.3. The Morgan fingerprint density at radius 1 is 1.12 bits per heavy atom. The molecule has 3 heterocycles. The molecule has 2 aromatic carbocycles. The van der Waals surface area contributed by atoms with E-state index in [0.717, 1.165) is 61.2 Å². The molecular weight excluding hydrogens is 426 g/mol. The third-order valence-electron chi connectivity index (χ3n) is 7.53. The number of ether oxygens (including phenoxy) is 1. The highest BCUT2D eigenvalue weighted by atomic mass is 16.5. The summed E-state index contributed by atoms with van der Waals surface area (Å²) in [4.78, 5) is 13.9. The van der Waals surface area contributed by atoms with Crippen LogP contribution in [0, 0.1) is 12.8 Å². The fraction of sp³-hybridized carbons (Fsp3) is 0.393. The Labute approximate surface area is 199 Å². The third kappa shape index (κ3) is 3.57. The lowest BCUT2D eigenvalue weighted by Crippen LogP contribution is -2.39. The van der Waals surface area contributed by atoms with Crippen LogP contribution in [0.3, 0.4) is 0 Å². The van der Waals surface area contributed by atoms with E-state index in [0.29, 0.717) is 28.9 Å². The first kappa shape index (κ1) is 21.3. The second-order valence-electron chi connectivity index (χ2n) is 9.92. The van der Waals surface area contributed by atoms with Gasteiger partial charge in [0.05, 0.1) is 23.7 Å². The number of fused-ring (bicyclic) bond motifs is 2. The standard InChI is InChI=1S/C28H31N3O3/c1-17-27-25(33-2)11-19(16-32)12-26(27)34-28(17)24-13-20-5-6-22(30-9-7-21(29)8-10-30)14-23(20)31(24)15-18-3-4-18/h5-6,11-14,16,18,21H,3-4,7-10,15,29H2,1-2H3. The summed E-state index contributed by atoms with van der Waals surface area (Å²) in [6.45, 7) is 5.07. The minimum Gasteiger partial charge on any atom is -0.496 e. The van der Waals surface area contributed by atoms with Crippen molar-refractivity contribution in [3.63, 3.8) is 0 Å². The molecule has 34 heavy (non-hydrogen) atoms. The first-order chi connectivity index (χ1) is 16.6. The third-order valence-corrected chi connectivity index (χ3v) is 7.53. The van der Waals surface area contributed by atoms with Gasteiger partial charge in [-0.3, -0.25) is 4.79 Å². The molecule has 2 aromatic heterocycles. The normalized spacial score (nSPS) is 17.1. The first-order valence-electron chi connectivity index (χ1n) is 12.3. The van der Waals surface area contributed by atoms with Gasteiger partial charge in [-0.25, -0.2) is 0 Å². The number of aryl methyl sites for hydroxylation is 1. The van der Waals surface area contributed by atoms with Crippen molar-refractivity contribution in [3.05, 3.63) is 47.5 Å². The number of rotatable bonds is 6. The van der Waals surface area contributed by atoms with E-state index < -0.39 is 0 Å². The molecule has 4 aromatic rings. The largest absolute Gasteiger partial charge is 0.496 e. The number of furan rings is 1. The van der Waals surface area contributed by atoms with Crippen LogP contribution in [0.4, 0.5) is 5.69 Å². The summed E-state index contributed by atoms with van der Waals surface area (Å²) in [7, 11) is 1.63. The summed E-state index contributed by atoms with van der Waals surface area (Å²) in [5.74, 6) is 2.23. The number of aromatic nitrogens is 1. The maximum absolute atomic E-state index is 11.4. The highest BCUT2D eigenvalue weighted by molar-refractivity contribution is 5.97. The van der Waals surface area contributed by atoms with Gasteiger partial charge in [0.25, 0.3) is 0 Å². The Balaban J connectivity index is 1.50. The van der Waals surface area contributed by atoms with Crippen LogP contribution < -0.4 is 15.4 Å². The monoisotopic (exact) mass is 457 g/mol. The number of piperidine rings is 1. The second-order valence-corrected chi connectivity index (χ2v) is 9.92. The summed E-state index contributed by atoms with van der Waals surface area (Å²) in [5.41, 5.74) is 12.0. The number of carbonyl (C=O) groups is 1. The average molecular weight is 458 g/mol. The zero-order valence-corrected chi connectivity index (χ0v) is 19.8. The number of methoxy groups -OCH3 is 1. The van der Waals surface area contributed by atoms with Crippen LogP contribution in [0.15, 0.2) is 40.8 Å². The summed E-state index contributed by atoms with van der Waals surface area (Å²) in [6, 6.07) is 12.9. The molecule has 6 nitrogen and oxygen atoms in total. The van der Waals surface area contributed by atoms with E-state index in [9.17, 15) is 4.79 Å². The van der Waals surface area contributed by atoms with Crippen LogP contribution in [0.1, 0.15) is 41.6 Å². The lowest BCUT2D eigenvalue weighted by atomic mass is 10.1. The van der Waals surface area contributed by atoms with Gasteiger partial charge in [-0.1, -0.05) is 6.07 Å². The van der Waals surface area contributed by atoms with Crippen LogP contribution >= 0.6 is 0 Å². The minimum absolute atomic E-state index is 0.318. The SMILES string of the molecule is COc1cc(C=O)cc2oc(-c3cc4ccc(N5CCC(N)CC5)cc4n3CC3CC3)c(C)c12. The topological polar surface area (TPSA) is 73.6 Å². The summed E-state index contributed by atoms with van der Waals surface area (Å²) in [5, 5.41) is 2.14. The maximum atomic E-state index is 11.4. The van der Waals surface area contributed by atoms with E-state index in [1.54, 1.807) is 19.2 Å². The quantitative estimate of drug-likeness (QED) is 0.386. The smallest absolute Gasteiger partial charge is 0.154 e. The molecule has 2 aliphatic rings. The molecule has 0 amide bonds. The molecule has 0 atom stereocenters. The summed E-state index contributed by atoms with van der Waals surface area (Å²) in [6.07, 6.45) is 5.46. The number of aldehydes is 1. The molecule has 176 valence electrons. The van der Waals surface area contributed by atoms with Crippen LogP contribution in [-0.2, 0) is 6.54 Å². The van der Waals surface area contributed by atoms with E-state index >= 15 is 0 Å². The van der Waals surface area contributed by atoms with Gasteiger partial charge in [0.15, 0.2) is 5.76 Å². The molecule has 6 rings (SSSR count). The Hall–Kier alpha value is -3.25. The van der Waals surface area contributed by atoms with Crippen LogP contribution in [0.2, 0.25) is 0 Å². The highest BCUT2D eigenvalue weighted by Gasteiger charge is 2.27. The zero-order chi connectivity index (χ0) is 23.4. The van der Waals surface area contributed by atoms with Gasteiger partial charge in [-0.15, -0.1) is 0 Å². The van der Waals surface area contributed by atoms with Gasteiger partial charge in [-0.05, 0) is 68.9 Å². The Morgan fingerprint density at radius 3 is 2.62 bits per heavy atom. The van der Waals surface area contributed by atoms with Gasteiger partial charge >= 0.3 is 0 Å². The maximum Gasteiger partial charge on any atom is 0.154 e. The predicted octanol–water partition coefficient (Wildman–Crippen LogP) is 5.52. The zero-order valence-electron chi connectivity index (χ0n) is 19.8. The van der Waals surface area contributed by atoms with E-state index in [1.165, 1.54) is 29.4 Å². The average Bonchev–Trinajstić information content (AvgIpc) is 3.53. The van der Waals surface area contributed by atoms with Gasteiger partial charge in [0.1, 0.15) is 17.6 Å². The van der Waals surface area contributed by atoms with Crippen molar-refractivity contribution in [2.75, 3.05) is 25.1 Å². The van der Waals surface area contributed by atoms with Crippen molar-refractivity contribution in [1.82, 2.24) is 4.57 Å². The van der Waals surface area contributed by atoms with Gasteiger partial charge < -0.3 is 24.4 Å². The molecule has 0 bridgehead atoms. The van der Waals surface area contributed by atoms with Crippen molar-refractivity contribution >= 4 is 33.8 Å². The van der Waals surface area contributed by atoms with Crippen molar-refractivity contribution in [1.29, 1.82) is 0 Å². The lowest BCUT2D eigenvalue weighted by Gasteiger charge is -2.32. The molecule has 2 N–H and O–H groups in total. The number of carbonyl (C=O) groups excluding carboxylic acids is 1. The molecule has 1 aliphatic heterocycles. The highest BCUT2D eigenvalue weighted by Crippen LogP contribution is 2.42. The molecule has 0 unspecified atom stereocenters. The number of hydrogen-bond donors (Lipinski definition) is 1. The lowest BCUT2D eigenvalue weighted by molar-refractivity contribution is 0.112. The number of anilines is 1. The molecule has 2 fully saturated rings. The van der Waals surface area contributed by atoms with Crippen LogP contribution in [0.25, 0.3) is 33.3 Å². The van der Waals surface area contributed by atoms with E-state index in [-0.39, 0.29) is 0 Å². The fourth-order valence-corrected chi connectivity index (χ4v) is 5.37. The van der Waals surface area contributed by atoms with Crippen molar-refractivity contribution in [2.45, 2.75) is 45.2 Å². The molecule has 6 heteroatoms. The molecular formula is C28H31N3O3. The molecule has 0 radical (unpaired) electrons. The number of nitrogens with two attached hydrogens (primary N) is 1. The van der Waals surface area contributed by atoms with Crippen LogP contribution in [0.5, 0.6) is 5.75 Å². The van der Waals surface area contributed by atoms with Crippen molar-refractivity contribution in [3.8, 4) is 17.2 Å². The molecule has 0 spiro atoms. The van der Waals surface area contributed by atoms with Gasteiger partial charge in [0.2, 0.25) is 0 Å². The van der Waals surface area contributed by atoms with Gasteiger partial charge in [-0.2, -0.15) is 0 Å². The fourth-order valence-electron chi connectivity index (χ4n) is 5.37. The van der Waals surface area contributed by atoms with E-state index in [1.807, 2.05) is 0 Å². The van der Waals surface area contributed by atoms with Crippen LogP contribution in [-0.4, -0.2) is 37.1 Å². The number of hydrogen-bond acceptors (Lipinski definition) is 5. The Kier molecular flexibility index (Phi) is 5.14.